The molecule has 0 radical (unpaired) electrons. The summed E-state index contributed by atoms with van der Waals surface area (Å²) in [6, 6.07) is 9.29. The van der Waals surface area contributed by atoms with E-state index in [0.29, 0.717) is 11.3 Å². The molecular formula is C24H24ClN3O9S. The average molecular weight is 566 g/mol. The van der Waals surface area contributed by atoms with Crippen LogP contribution in [0.15, 0.2) is 60.7 Å². The number of halogens is 1. The number of esters is 1. The molecule has 3 rings (SSSR count). The van der Waals surface area contributed by atoms with Gasteiger partial charge in [0.15, 0.2) is 29.4 Å². The molecule has 1 N–H and O–H groups in total. The van der Waals surface area contributed by atoms with Crippen LogP contribution in [0.4, 0.5) is 5.69 Å². The summed E-state index contributed by atoms with van der Waals surface area (Å²) in [5, 5.41) is 11.9. The van der Waals surface area contributed by atoms with Gasteiger partial charge < -0.3 is 24.1 Å². The lowest BCUT2D eigenvalue weighted by molar-refractivity contribution is -0.384. The number of nitrogens with one attached hydrogen (secondary N) is 1. The summed E-state index contributed by atoms with van der Waals surface area (Å²) >= 11 is 0. The fraction of sp³-hybridized carbons (Fsp3) is 0.292. The number of β-lactam (4-membered cyclic amide) rings is 1. The number of non-ortho nitro benzene ring substituents is 1. The maximum absolute atomic E-state index is 12.9. The van der Waals surface area contributed by atoms with E-state index >= 15 is 0 Å². The van der Waals surface area contributed by atoms with Crippen LogP contribution in [0.1, 0.15) is 12.5 Å². The number of rotatable bonds is 12. The van der Waals surface area contributed by atoms with Crippen LogP contribution >= 0.6 is 10.7 Å². The molecule has 0 aliphatic carbocycles. The Bertz CT molecular complexity index is 1210. The summed E-state index contributed by atoms with van der Waals surface area (Å²) < 4.78 is 28.0. The van der Waals surface area contributed by atoms with E-state index in [1.807, 2.05) is 0 Å². The highest BCUT2D eigenvalue weighted by Crippen LogP contribution is 2.33. The molecular weight excluding hydrogens is 542 g/mol. The minimum absolute atomic E-state index is 0.0938. The monoisotopic (exact) mass is 565 g/mol. The molecule has 4 atom stereocenters. The van der Waals surface area contributed by atoms with Gasteiger partial charge >= 0.3 is 5.97 Å². The number of likely N-dealkylation sites (tertiary alicyclic amines) is 1. The van der Waals surface area contributed by atoms with Crippen molar-refractivity contribution in [2.75, 3.05) is 13.7 Å². The Kier molecular flexibility index (Phi) is 9.55. The summed E-state index contributed by atoms with van der Waals surface area (Å²) in [6.07, 6.45) is 0. The molecule has 38 heavy (non-hydrogen) atoms. The van der Waals surface area contributed by atoms with Crippen molar-refractivity contribution in [1.29, 1.82) is 0 Å². The fourth-order valence-electron chi connectivity index (χ4n) is 3.63. The molecule has 14 heteroatoms. The maximum atomic E-state index is 12.9. The number of nitro groups is 1. The summed E-state index contributed by atoms with van der Waals surface area (Å²) in [5.74, 6) is -1.43. The van der Waals surface area contributed by atoms with Crippen LogP contribution in [0.25, 0.3) is 0 Å². The third-order valence-corrected chi connectivity index (χ3v) is 6.94. The number of carbonyl (C=O) groups is 3. The van der Waals surface area contributed by atoms with Crippen molar-refractivity contribution in [2.24, 2.45) is 0 Å². The minimum atomic E-state index is -2.17. The topological polar surface area (TPSA) is 160 Å². The first-order chi connectivity index (χ1) is 18.0. The molecule has 0 bridgehead atoms. The largest absolute Gasteiger partial charge is 0.597 e. The van der Waals surface area contributed by atoms with Crippen LogP contribution in [-0.4, -0.2) is 63.3 Å². The zero-order valence-corrected chi connectivity index (χ0v) is 21.9. The van der Waals surface area contributed by atoms with Gasteiger partial charge in [-0.25, -0.2) is 4.79 Å². The molecule has 2 amide bonds. The number of carbonyl (C=O) groups excluding carboxylic acids is 3. The number of hydrogen-bond acceptors (Lipinski definition) is 9. The smallest absolute Gasteiger partial charge is 0.333 e. The van der Waals surface area contributed by atoms with E-state index in [1.54, 1.807) is 24.3 Å². The van der Waals surface area contributed by atoms with Gasteiger partial charge in [0.2, 0.25) is 5.37 Å². The molecule has 1 heterocycles. The Morgan fingerprint density at radius 2 is 1.79 bits per heavy atom. The van der Waals surface area contributed by atoms with E-state index in [9.17, 15) is 29.1 Å². The number of ether oxygens (including phenoxy) is 3. The molecule has 4 unspecified atom stereocenters. The number of methoxy groups -OCH3 is 1. The summed E-state index contributed by atoms with van der Waals surface area (Å²) in [5.41, 5.74) is 0.769. The molecule has 2 aromatic rings. The second-order valence-corrected chi connectivity index (χ2v) is 10.1. The lowest BCUT2D eigenvalue weighted by atomic mass is 9.99. The van der Waals surface area contributed by atoms with Crippen LogP contribution in [0.3, 0.4) is 0 Å². The van der Waals surface area contributed by atoms with Crippen molar-refractivity contribution in [1.82, 2.24) is 10.2 Å². The van der Waals surface area contributed by atoms with E-state index in [4.69, 9.17) is 24.9 Å². The van der Waals surface area contributed by atoms with Crippen molar-refractivity contribution in [3.05, 3.63) is 76.4 Å². The first kappa shape index (κ1) is 28.8. The number of benzene rings is 2. The van der Waals surface area contributed by atoms with Gasteiger partial charge in [0.1, 0.15) is 18.1 Å². The van der Waals surface area contributed by atoms with Crippen LogP contribution < -0.4 is 14.8 Å². The van der Waals surface area contributed by atoms with Gasteiger partial charge in [0, 0.05) is 12.1 Å². The van der Waals surface area contributed by atoms with Crippen LogP contribution in [-0.2, 0) is 36.1 Å². The highest BCUT2D eigenvalue weighted by atomic mass is 35.7. The highest BCUT2D eigenvalue weighted by molar-refractivity contribution is 8.14. The normalized spacial score (nSPS) is 18.0. The van der Waals surface area contributed by atoms with E-state index < -0.39 is 57.2 Å². The fourth-order valence-corrected chi connectivity index (χ4v) is 4.99. The molecule has 1 fully saturated rings. The Hall–Kier alpha value is -3.81. The molecule has 202 valence electrons. The molecule has 1 aliphatic rings. The maximum Gasteiger partial charge on any atom is 0.333 e. The Morgan fingerprint density at radius 1 is 1.18 bits per heavy atom. The quantitative estimate of drug-likeness (QED) is 0.102. The van der Waals surface area contributed by atoms with E-state index in [-0.39, 0.29) is 23.6 Å². The van der Waals surface area contributed by atoms with Gasteiger partial charge in [-0.1, -0.05) is 18.7 Å². The van der Waals surface area contributed by atoms with Crippen LogP contribution in [0.2, 0.25) is 0 Å². The van der Waals surface area contributed by atoms with Crippen molar-refractivity contribution in [3.8, 4) is 11.5 Å². The van der Waals surface area contributed by atoms with Gasteiger partial charge in [-0.2, -0.15) is 0 Å². The van der Waals surface area contributed by atoms with E-state index in [0.717, 1.165) is 4.90 Å². The third-order valence-electron chi connectivity index (χ3n) is 5.51. The molecule has 2 aromatic carbocycles. The second-order valence-electron chi connectivity index (χ2n) is 8.17. The number of hydrogen-bond donors (Lipinski definition) is 1. The zero-order chi connectivity index (χ0) is 28.0. The van der Waals surface area contributed by atoms with Gasteiger partial charge in [0.05, 0.1) is 22.4 Å². The lowest BCUT2D eigenvalue weighted by Gasteiger charge is -2.47. The summed E-state index contributed by atoms with van der Waals surface area (Å²) in [4.78, 5) is 49.3. The summed E-state index contributed by atoms with van der Waals surface area (Å²) in [7, 11) is 5.19. The van der Waals surface area contributed by atoms with E-state index in [1.165, 1.54) is 38.3 Å². The molecule has 1 aliphatic heterocycles. The lowest BCUT2D eigenvalue weighted by Crippen LogP contribution is -2.75. The van der Waals surface area contributed by atoms with Crippen LogP contribution in [0, 0.1) is 10.1 Å². The third kappa shape index (κ3) is 6.73. The first-order valence-electron chi connectivity index (χ1n) is 11.0. The number of nitro benzene ring substituents is 1. The predicted molar refractivity (Wildman–Crippen MR) is 137 cm³/mol. The number of nitrogens with zero attached hydrogens (tertiary/aromatic N) is 2. The second kappa shape index (κ2) is 12.6. The minimum Gasteiger partial charge on any atom is -0.597 e. The molecule has 0 aromatic heterocycles. The molecule has 1 saturated heterocycles. The Balaban J connectivity index is 1.62. The van der Waals surface area contributed by atoms with Crippen molar-refractivity contribution in [3.63, 3.8) is 0 Å². The van der Waals surface area contributed by atoms with Gasteiger partial charge in [-0.05, 0) is 42.3 Å². The van der Waals surface area contributed by atoms with E-state index in [2.05, 4.69) is 11.9 Å². The van der Waals surface area contributed by atoms with Gasteiger partial charge in [-0.15, -0.1) is 0 Å². The van der Waals surface area contributed by atoms with Crippen molar-refractivity contribution in [2.45, 2.75) is 31.0 Å². The van der Waals surface area contributed by atoms with Crippen LogP contribution in [0.5, 0.6) is 11.5 Å². The predicted octanol–water partition coefficient (Wildman–Crippen LogP) is 2.23. The molecule has 12 nitrogen and oxygen atoms in total. The SMILES string of the molecule is C=C(C)C(C(=O)OCc1ccc(OC)cc1)N1C(=O)C(NC(=O)COc2ccc([N+](=O)[O-])cc2)C1[S+]([O-])Cl. The van der Waals surface area contributed by atoms with Gasteiger partial charge in [0.25, 0.3) is 17.5 Å². The van der Waals surface area contributed by atoms with Crippen molar-refractivity contribution >= 4 is 44.5 Å². The summed E-state index contributed by atoms with van der Waals surface area (Å²) in [6.45, 7) is 4.63. The Morgan fingerprint density at radius 3 is 2.32 bits per heavy atom. The Labute approximate surface area is 225 Å². The molecule has 0 spiro atoms. The standard InChI is InChI=1S/C24H24ClN3O9S/c1-14(2)21(24(31)37-12-15-4-8-17(35-3)9-5-15)27-22(30)20(23(27)38(25)34)26-19(29)13-36-18-10-6-16(7-11-18)28(32)33/h4-11,20-21,23H,1,12-13H2,2-3H3,(H,26,29). The van der Waals surface area contributed by atoms with Gasteiger partial charge in [-0.3, -0.25) is 24.6 Å². The number of amides is 2. The first-order valence-corrected chi connectivity index (χ1v) is 13.1. The zero-order valence-electron chi connectivity index (χ0n) is 20.3. The van der Waals surface area contributed by atoms with Crippen molar-refractivity contribution < 1.29 is 38.1 Å². The highest BCUT2D eigenvalue weighted by Gasteiger charge is 2.60. The molecule has 0 saturated carbocycles. The average Bonchev–Trinajstić information content (AvgIpc) is 2.89.